The molecule has 2 aromatic heterocycles. The van der Waals surface area contributed by atoms with Crippen molar-refractivity contribution < 1.29 is 34.4 Å². The maximum atomic E-state index is 12.3. The van der Waals surface area contributed by atoms with Crippen molar-refractivity contribution >= 4 is 29.4 Å². The number of nitrogens with one attached hydrogen (secondary N) is 3. The number of likely N-dealkylation sites (N-methyl/N-ethyl adjacent to an activating group) is 1. The number of ether oxygens (including phenoxy) is 2. The summed E-state index contributed by atoms with van der Waals surface area (Å²) < 4.78 is 11.0. The van der Waals surface area contributed by atoms with Crippen molar-refractivity contribution in [2.45, 2.75) is 63.0 Å². The van der Waals surface area contributed by atoms with Crippen LogP contribution in [-0.2, 0) is 14.3 Å². The quantitative estimate of drug-likeness (QED) is 0.242. The third-order valence-corrected chi connectivity index (χ3v) is 5.33. The highest BCUT2D eigenvalue weighted by Gasteiger charge is 2.44. The fraction of sp³-hybridized carbons (Fsp3) is 0.650. The van der Waals surface area contributed by atoms with Gasteiger partial charge in [0.25, 0.3) is 0 Å². The Labute approximate surface area is 195 Å². The summed E-state index contributed by atoms with van der Waals surface area (Å²) in [6.45, 7) is 4.56. The van der Waals surface area contributed by atoms with Crippen LogP contribution in [0.4, 0.5) is 10.6 Å². The van der Waals surface area contributed by atoms with Crippen LogP contribution in [0, 0.1) is 0 Å². The monoisotopic (exact) mass is 481 g/mol. The van der Waals surface area contributed by atoms with Crippen LogP contribution < -0.4 is 10.6 Å². The Morgan fingerprint density at radius 2 is 2.06 bits per heavy atom. The van der Waals surface area contributed by atoms with E-state index in [1.807, 2.05) is 0 Å². The Morgan fingerprint density at radius 1 is 1.32 bits per heavy atom. The van der Waals surface area contributed by atoms with Crippen molar-refractivity contribution in [1.82, 2.24) is 30.2 Å². The van der Waals surface area contributed by atoms with Gasteiger partial charge in [-0.1, -0.05) is 0 Å². The zero-order valence-corrected chi connectivity index (χ0v) is 19.4. The molecule has 1 saturated heterocycles. The van der Waals surface area contributed by atoms with E-state index < -0.39 is 54.9 Å². The molecule has 3 heterocycles. The molecule has 34 heavy (non-hydrogen) atoms. The van der Waals surface area contributed by atoms with Gasteiger partial charge in [-0.25, -0.2) is 19.7 Å². The summed E-state index contributed by atoms with van der Waals surface area (Å²) in [6.07, 6.45) is -2.28. The first-order chi connectivity index (χ1) is 16.1. The smallest absolute Gasteiger partial charge is 0.410 e. The van der Waals surface area contributed by atoms with Gasteiger partial charge in [0.15, 0.2) is 17.7 Å². The van der Waals surface area contributed by atoms with Gasteiger partial charge in [-0.2, -0.15) is 0 Å². The number of aldehydes is 1. The predicted octanol–water partition coefficient (Wildman–Crippen LogP) is -1.40. The highest BCUT2D eigenvalue weighted by Crippen LogP contribution is 2.24. The third kappa shape index (κ3) is 5.77. The van der Waals surface area contributed by atoms with Gasteiger partial charge in [0, 0.05) is 13.6 Å². The van der Waals surface area contributed by atoms with Gasteiger partial charge in [0.1, 0.15) is 48.1 Å². The van der Waals surface area contributed by atoms with Gasteiger partial charge < -0.3 is 50.1 Å². The van der Waals surface area contributed by atoms with Crippen LogP contribution in [-0.4, -0.2) is 115 Å². The molecule has 188 valence electrons. The Balaban J connectivity index is 1.66. The second kappa shape index (κ2) is 10.6. The molecule has 0 radical (unpaired) electrons. The van der Waals surface area contributed by atoms with Crippen molar-refractivity contribution in [2.75, 3.05) is 25.5 Å². The number of anilines is 1. The first kappa shape index (κ1) is 25.7. The number of hydrogen-bond acceptors (Lipinski definition) is 12. The van der Waals surface area contributed by atoms with E-state index in [9.17, 15) is 24.9 Å². The molecule has 0 bridgehead atoms. The second-order valence-electron chi connectivity index (χ2n) is 8.96. The van der Waals surface area contributed by atoms with Crippen LogP contribution in [0.1, 0.15) is 20.8 Å². The van der Waals surface area contributed by atoms with Crippen LogP contribution >= 0.6 is 0 Å². The SMILES string of the molecule is CN(C(=O)OC(C)(C)C)C(C=O)CN[C@@H]1[C@@H](O)[C@H](O)[C@@H](Nc2ncnc3nc[nH]c23)O[C@H]1CO. The summed E-state index contributed by atoms with van der Waals surface area (Å²) >= 11 is 0. The van der Waals surface area contributed by atoms with E-state index in [2.05, 4.69) is 30.6 Å². The Hall–Kier alpha value is -2.91. The van der Waals surface area contributed by atoms with Crippen molar-refractivity contribution in [2.24, 2.45) is 0 Å². The van der Waals surface area contributed by atoms with Crippen LogP contribution in [0.2, 0.25) is 0 Å². The van der Waals surface area contributed by atoms with E-state index in [-0.39, 0.29) is 6.54 Å². The summed E-state index contributed by atoms with van der Waals surface area (Å²) in [5.74, 6) is 0.293. The minimum absolute atomic E-state index is 0.0771. The molecule has 3 rings (SSSR count). The Bertz CT molecular complexity index is 980. The molecule has 14 heteroatoms. The van der Waals surface area contributed by atoms with Crippen molar-refractivity contribution in [3.8, 4) is 0 Å². The lowest BCUT2D eigenvalue weighted by atomic mass is 9.95. The molecule has 0 saturated carbocycles. The number of nitrogens with zero attached hydrogens (tertiary/aromatic N) is 4. The lowest BCUT2D eigenvalue weighted by Gasteiger charge is -2.43. The molecule has 1 aliphatic rings. The number of imidazole rings is 1. The van der Waals surface area contributed by atoms with Gasteiger partial charge in [0.2, 0.25) is 0 Å². The molecule has 0 aliphatic carbocycles. The first-order valence-electron chi connectivity index (χ1n) is 10.7. The zero-order valence-electron chi connectivity index (χ0n) is 19.4. The van der Waals surface area contributed by atoms with Crippen LogP contribution in [0.15, 0.2) is 12.7 Å². The minimum Gasteiger partial charge on any atom is -0.444 e. The summed E-state index contributed by atoms with van der Waals surface area (Å²) in [6, 6.07) is -1.87. The lowest BCUT2D eigenvalue weighted by molar-refractivity contribution is -0.184. The summed E-state index contributed by atoms with van der Waals surface area (Å²) in [5.41, 5.74) is 0.141. The molecule has 0 spiro atoms. The number of carbonyl (C=O) groups excluding carboxylic acids is 2. The van der Waals surface area contributed by atoms with Gasteiger partial charge >= 0.3 is 6.09 Å². The average Bonchev–Trinajstić information content (AvgIpc) is 3.27. The molecule has 14 nitrogen and oxygen atoms in total. The van der Waals surface area contributed by atoms with Gasteiger partial charge in [-0.05, 0) is 20.8 Å². The standard InChI is InChI=1S/C20H31N7O7/c1-20(2,3)34-19(32)27(4)10(6-28)5-21-12-11(7-29)33-18(15(31)14(12)30)26-17-13-16(23-8-22-13)24-9-25-17/h6,8-12,14-15,18,21,29-31H,5,7H2,1-4H3,(H2,22,23,24,25,26)/t10?,11-,12-,14+,15-,18-/m0/s1. The number of aliphatic hydroxyl groups is 3. The van der Waals surface area contributed by atoms with E-state index in [4.69, 9.17) is 9.47 Å². The second-order valence-corrected chi connectivity index (χ2v) is 8.96. The highest BCUT2D eigenvalue weighted by molar-refractivity contribution is 5.82. The maximum absolute atomic E-state index is 12.3. The van der Waals surface area contributed by atoms with Crippen molar-refractivity contribution in [3.63, 3.8) is 0 Å². The average molecular weight is 482 g/mol. The zero-order chi connectivity index (χ0) is 25.0. The minimum atomic E-state index is -1.42. The van der Waals surface area contributed by atoms with Crippen LogP contribution in [0.3, 0.4) is 0 Å². The number of aromatic amines is 1. The molecule has 1 unspecified atom stereocenters. The molecular formula is C20H31N7O7. The summed E-state index contributed by atoms with van der Waals surface area (Å²) in [5, 5.41) is 37.1. The molecule has 1 aliphatic heterocycles. The number of hydrogen-bond donors (Lipinski definition) is 6. The largest absolute Gasteiger partial charge is 0.444 e. The number of aliphatic hydroxyl groups excluding tert-OH is 3. The number of H-pyrrole nitrogens is 1. The molecule has 2 aromatic rings. The molecule has 6 N–H and O–H groups in total. The fourth-order valence-electron chi connectivity index (χ4n) is 3.50. The molecule has 0 aromatic carbocycles. The number of rotatable bonds is 8. The van der Waals surface area contributed by atoms with Crippen molar-refractivity contribution in [3.05, 3.63) is 12.7 Å². The highest BCUT2D eigenvalue weighted by atomic mass is 16.6. The first-order valence-corrected chi connectivity index (χ1v) is 10.7. The van der Waals surface area contributed by atoms with Gasteiger partial charge in [-0.3, -0.25) is 0 Å². The molecule has 6 atom stereocenters. The van der Waals surface area contributed by atoms with Crippen LogP contribution in [0.5, 0.6) is 0 Å². The van der Waals surface area contributed by atoms with Gasteiger partial charge in [-0.15, -0.1) is 0 Å². The van der Waals surface area contributed by atoms with Crippen molar-refractivity contribution in [1.29, 1.82) is 0 Å². The van der Waals surface area contributed by atoms with E-state index in [1.165, 1.54) is 19.7 Å². The predicted molar refractivity (Wildman–Crippen MR) is 119 cm³/mol. The number of aromatic nitrogens is 4. The molecule has 1 amide bonds. The third-order valence-electron chi connectivity index (χ3n) is 5.33. The topological polar surface area (TPSA) is 195 Å². The van der Waals surface area contributed by atoms with E-state index in [0.717, 1.165) is 4.90 Å². The molecule has 1 fully saturated rings. The number of amides is 1. The normalized spacial score (nSPS) is 26.1. The fourth-order valence-corrected chi connectivity index (χ4v) is 3.50. The van der Waals surface area contributed by atoms with Crippen LogP contribution in [0.25, 0.3) is 11.2 Å². The summed E-state index contributed by atoms with van der Waals surface area (Å²) in [7, 11) is 1.42. The Kier molecular flexibility index (Phi) is 7.99. The van der Waals surface area contributed by atoms with E-state index in [0.29, 0.717) is 23.3 Å². The van der Waals surface area contributed by atoms with E-state index >= 15 is 0 Å². The lowest BCUT2D eigenvalue weighted by Crippen LogP contribution is -2.66. The molecular weight excluding hydrogens is 450 g/mol. The maximum Gasteiger partial charge on any atom is 0.410 e. The number of carbonyl (C=O) groups is 2. The summed E-state index contributed by atoms with van der Waals surface area (Å²) in [4.78, 5) is 40.0. The van der Waals surface area contributed by atoms with Gasteiger partial charge in [0.05, 0.1) is 19.0 Å². The Morgan fingerprint density at radius 3 is 2.71 bits per heavy atom. The number of fused-ring (bicyclic) bond motifs is 1. The van der Waals surface area contributed by atoms with E-state index in [1.54, 1.807) is 20.8 Å².